The second-order valence-corrected chi connectivity index (χ2v) is 4.67. The van der Waals surface area contributed by atoms with E-state index < -0.39 is 0 Å². The molecule has 0 aromatic carbocycles. The van der Waals surface area contributed by atoms with Crippen LogP contribution in [0.1, 0.15) is 33.1 Å². The molecule has 0 aromatic heterocycles. The summed E-state index contributed by atoms with van der Waals surface area (Å²) in [6.45, 7) is 6.23. The molecule has 2 aliphatic rings. The monoisotopic (exact) mass is 200 g/mol. The molecule has 0 bridgehead atoms. The molecule has 1 heterocycles. The lowest BCUT2D eigenvalue weighted by Gasteiger charge is -2.47. The Labute approximate surface area is 85.7 Å². The standard InChI is InChI=1S/C11H20O3/c1-9(2)13-7-10-6-12-8-11(14-10)4-3-5-11/h9-10H,3-8H2,1-2H3. The van der Waals surface area contributed by atoms with Crippen LogP contribution in [-0.2, 0) is 14.2 Å². The maximum Gasteiger partial charge on any atom is 0.105 e. The molecule has 3 heteroatoms. The maximum atomic E-state index is 6.01. The van der Waals surface area contributed by atoms with Gasteiger partial charge in [-0.2, -0.15) is 0 Å². The number of hydrogen-bond donors (Lipinski definition) is 0. The van der Waals surface area contributed by atoms with Gasteiger partial charge in [0, 0.05) is 0 Å². The molecular weight excluding hydrogens is 180 g/mol. The molecule has 14 heavy (non-hydrogen) atoms. The van der Waals surface area contributed by atoms with Gasteiger partial charge >= 0.3 is 0 Å². The third-order valence-electron chi connectivity index (χ3n) is 2.97. The minimum absolute atomic E-state index is 0.0588. The molecule has 0 N–H and O–H groups in total. The van der Waals surface area contributed by atoms with Crippen LogP contribution in [0.3, 0.4) is 0 Å². The highest BCUT2D eigenvalue weighted by Crippen LogP contribution is 2.38. The molecule has 1 atom stereocenters. The zero-order valence-corrected chi connectivity index (χ0v) is 9.12. The molecule has 1 aliphatic heterocycles. The summed E-state index contributed by atoms with van der Waals surface area (Å²) in [7, 11) is 0. The van der Waals surface area contributed by atoms with Crippen molar-refractivity contribution in [3.8, 4) is 0 Å². The average molecular weight is 200 g/mol. The summed E-state index contributed by atoms with van der Waals surface area (Å²) in [4.78, 5) is 0. The van der Waals surface area contributed by atoms with Crippen molar-refractivity contribution in [2.45, 2.75) is 50.9 Å². The quantitative estimate of drug-likeness (QED) is 0.694. The summed E-state index contributed by atoms with van der Waals surface area (Å²) in [5.74, 6) is 0. The predicted molar refractivity (Wildman–Crippen MR) is 53.4 cm³/mol. The van der Waals surface area contributed by atoms with Crippen molar-refractivity contribution < 1.29 is 14.2 Å². The SMILES string of the molecule is CC(C)OCC1COCC2(CCC2)O1. The van der Waals surface area contributed by atoms with E-state index in [0.29, 0.717) is 13.2 Å². The van der Waals surface area contributed by atoms with Gasteiger partial charge in [-0.15, -0.1) is 0 Å². The van der Waals surface area contributed by atoms with E-state index in [9.17, 15) is 0 Å². The van der Waals surface area contributed by atoms with Crippen LogP contribution in [0.15, 0.2) is 0 Å². The number of ether oxygens (including phenoxy) is 3. The van der Waals surface area contributed by atoms with Gasteiger partial charge in [0.05, 0.1) is 31.5 Å². The molecule has 2 rings (SSSR count). The van der Waals surface area contributed by atoms with E-state index in [-0.39, 0.29) is 17.8 Å². The Morgan fingerprint density at radius 1 is 1.43 bits per heavy atom. The second-order valence-electron chi connectivity index (χ2n) is 4.67. The summed E-state index contributed by atoms with van der Waals surface area (Å²) in [5, 5.41) is 0. The highest BCUT2D eigenvalue weighted by atomic mass is 16.6. The van der Waals surface area contributed by atoms with Crippen molar-refractivity contribution in [1.82, 2.24) is 0 Å². The van der Waals surface area contributed by atoms with Gasteiger partial charge in [-0.1, -0.05) is 0 Å². The molecule has 3 nitrogen and oxygen atoms in total. The van der Waals surface area contributed by atoms with Crippen LogP contribution in [0, 0.1) is 0 Å². The minimum Gasteiger partial charge on any atom is -0.376 e. The van der Waals surface area contributed by atoms with E-state index in [0.717, 1.165) is 19.4 Å². The first-order chi connectivity index (χ1) is 6.70. The lowest BCUT2D eigenvalue weighted by molar-refractivity contribution is -0.240. The zero-order valence-electron chi connectivity index (χ0n) is 9.12. The molecule has 0 amide bonds. The second kappa shape index (κ2) is 4.17. The summed E-state index contributed by atoms with van der Waals surface area (Å²) in [6, 6.07) is 0. The van der Waals surface area contributed by atoms with E-state index in [2.05, 4.69) is 0 Å². The highest BCUT2D eigenvalue weighted by Gasteiger charge is 2.43. The maximum absolute atomic E-state index is 6.01. The van der Waals surface area contributed by atoms with E-state index in [1.165, 1.54) is 6.42 Å². The fourth-order valence-electron chi connectivity index (χ4n) is 2.01. The molecule has 1 saturated heterocycles. The minimum atomic E-state index is 0.0588. The lowest BCUT2D eigenvalue weighted by Crippen LogP contribution is -2.53. The normalized spacial score (nSPS) is 30.6. The molecule has 1 unspecified atom stereocenters. The van der Waals surface area contributed by atoms with Crippen molar-refractivity contribution in [1.29, 1.82) is 0 Å². The molecule has 1 spiro atoms. The summed E-state index contributed by atoms with van der Waals surface area (Å²) < 4.78 is 17.1. The Morgan fingerprint density at radius 2 is 2.21 bits per heavy atom. The van der Waals surface area contributed by atoms with E-state index in [4.69, 9.17) is 14.2 Å². The molecular formula is C11H20O3. The summed E-state index contributed by atoms with van der Waals surface area (Å²) in [5.41, 5.74) is 0.0588. The Kier molecular flexibility index (Phi) is 3.10. The Balaban J connectivity index is 1.76. The van der Waals surface area contributed by atoms with E-state index in [1.54, 1.807) is 0 Å². The molecule has 1 aliphatic carbocycles. The topological polar surface area (TPSA) is 27.7 Å². The summed E-state index contributed by atoms with van der Waals surface area (Å²) >= 11 is 0. The van der Waals surface area contributed by atoms with E-state index >= 15 is 0 Å². The lowest BCUT2D eigenvalue weighted by atomic mass is 9.80. The first-order valence-electron chi connectivity index (χ1n) is 5.57. The van der Waals surface area contributed by atoms with Gasteiger partial charge < -0.3 is 14.2 Å². The first-order valence-corrected chi connectivity index (χ1v) is 5.57. The van der Waals surface area contributed by atoms with Crippen LogP contribution in [0.5, 0.6) is 0 Å². The first kappa shape index (κ1) is 10.4. The van der Waals surface area contributed by atoms with Crippen LogP contribution in [-0.4, -0.2) is 37.6 Å². The Bertz CT molecular complexity index is 187. The smallest absolute Gasteiger partial charge is 0.105 e. The molecule has 0 aromatic rings. The number of rotatable bonds is 3. The number of hydrogen-bond acceptors (Lipinski definition) is 3. The largest absolute Gasteiger partial charge is 0.376 e. The Hall–Kier alpha value is -0.120. The molecule has 0 radical (unpaired) electrons. The van der Waals surface area contributed by atoms with Crippen LogP contribution in [0.25, 0.3) is 0 Å². The molecule has 82 valence electrons. The van der Waals surface area contributed by atoms with Crippen molar-refractivity contribution >= 4 is 0 Å². The van der Waals surface area contributed by atoms with Crippen LogP contribution in [0.4, 0.5) is 0 Å². The third-order valence-corrected chi connectivity index (χ3v) is 2.97. The molecule has 2 fully saturated rings. The van der Waals surface area contributed by atoms with Crippen LogP contribution in [0.2, 0.25) is 0 Å². The highest BCUT2D eigenvalue weighted by molar-refractivity contribution is 4.92. The van der Waals surface area contributed by atoms with Gasteiger partial charge in [-0.05, 0) is 33.1 Å². The van der Waals surface area contributed by atoms with E-state index in [1.807, 2.05) is 13.8 Å². The van der Waals surface area contributed by atoms with Crippen molar-refractivity contribution in [3.63, 3.8) is 0 Å². The van der Waals surface area contributed by atoms with Gasteiger partial charge in [-0.25, -0.2) is 0 Å². The predicted octanol–water partition coefficient (Wildman–Crippen LogP) is 1.75. The fourth-order valence-corrected chi connectivity index (χ4v) is 2.01. The van der Waals surface area contributed by atoms with Crippen LogP contribution >= 0.6 is 0 Å². The summed E-state index contributed by atoms with van der Waals surface area (Å²) in [6.07, 6.45) is 4.02. The van der Waals surface area contributed by atoms with Gasteiger partial charge in [-0.3, -0.25) is 0 Å². The Morgan fingerprint density at radius 3 is 2.79 bits per heavy atom. The van der Waals surface area contributed by atoms with Gasteiger partial charge in [0.15, 0.2) is 0 Å². The van der Waals surface area contributed by atoms with Crippen molar-refractivity contribution in [3.05, 3.63) is 0 Å². The average Bonchev–Trinajstić information content (AvgIpc) is 2.13. The van der Waals surface area contributed by atoms with Crippen molar-refractivity contribution in [2.75, 3.05) is 19.8 Å². The third kappa shape index (κ3) is 2.27. The fraction of sp³-hybridized carbons (Fsp3) is 1.00. The van der Waals surface area contributed by atoms with Crippen molar-refractivity contribution in [2.24, 2.45) is 0 Å². The van der Waals surface area contributed by atoms with Crippen LogP contribution < -0.4 is 0 Å². The van der Waals surface area contributed by atoms with Gasteiger partial charge in [0.2, 0.25) is 0 Å². The zero-order chi connectivity index (χ0) is 10.0. The van der Waals surface area contributed by atoms with Gasteiger partial charge in [0.25, 0.3) is 0 Å². The van der Waals surface area contributed by atoms with Gasteiger partial charge in [0.1, 0.15) is 6.10 Å². The molecule has 1 saturated carbocycles.